The van der Waals surface area contributed by atoms with Crippen LogP contribution < -0.4 is 0 Å². The molecule has 0 unspecified atom stereocenters. The number of aromatic amines is 1. The SMILES string of the molecule is CCCc1nc2ccc(C(=O)c3cccs3)cc2[nH]1. The van der Waals surface area contributed by atoms with E-state index in [9.17, 15) is 4.79 Å². The Bertz CT molecular complexity index is 713. The van der Waals surface area contributed by atoms with Crippen LogP contribution in [0.15, 0.2) is 35.7 Å². The molecule has 0 saturated carbocycles. The second-order valence-electron chi connectivity index (χ2n) is 4.47. The molecule has 1 aromatic carbocycles. The highest BCUT2D eigenvalue weighted by atomic mass is 32.1. The molecular weight excluding hydrogens is 256 g/mol. The van der Waals surface area contributed by atoms with Gasteiger partial charge in [-0.15, -0.1) is 11.3 Å². The number of aromatic nitrogens is 2. The lowest BCUT2D eigenvalue weighted by Gasteiger charge is -1.97. The minimum atomic E-state index is 0.0727. The molecule has 0 bridgehead atoms. The molecule has 3 rings (SSSR count). The lowest BCUT2D eigenvalue weighted by molar-refractivity contribution is 0.104. The first-order valence-electron chi connectivity index (χ1n) is 6.35. The van der Waals surface area contributed by atoms with Crippen molar-refractivity contribution in [2.45, 2.75) is 19.8 Å². The molecule has 0 aliphatic heterocycles. The van der Waals surface area contributed by atoms with E-state index in [0.29, 0.717) is 5.56 Å². The van der Waals surface area contributed by atoms with Crippen LogP contribution in [0.4, 0.5) is 0 Å². The van der Waals surface area contributed by atoms with Crippen molar-refractivity contribution in [1.82, 2.24) is 9.97 Å². The van der Waals surface area contributed by atoms with Gasteiger partial charge in [0.2, 0.25) is 5.78 Å². The predicted molar refractivity (Wildman–Crippen MR) is 77.8 cm³/mol. The van der Waals surface area contributed by atoms with E-state index in [4.69, 9.17) is 0 Å². The maximum Gasteiger partial charge on any atom is 0.203 e. The molecule has 0 fully saturated rings. The Morgan fingerprint density at radius 2 is 2.26 bits per heavy atom. The number of nitrogens with zero attached hydrogens (tertiary/aromatic N) is 1. The molecule has 0 amide bonds. The second-order valence-corrected chi connectivity index (χ2v) is 5.42. The van der Waals surface area contributed by atoms with Crippen molar-refractivity contribution in [3.63, 3.8) is 0 Å². The number of nitrogens with one attached hydrogen (secondary N) is 1. The third kappa shape index (κ3) is 2.31. The van der Waals surface area contributed by atoms with E-state index >= 15 is 0 Å². The van der Waals surface area contributed by atoms with Crippen LogP contribution in [-0.2, 0) is 6.42 Å². The zero-order valence-corrected chi connectivity index (χ0v) is 11.5. The van der Waals surface area contributed by atoms with E-state index in [0.717, 1.165) is 34.6 Å². The molecule has 0 radical (unpaired) electrons. The molecule has 96 valence electrons. The van der Waals surface area contributed by atoms with E-state index < -0.39 is 0 Å². The first kappa shape index (κ1) is 12.1. The summed E-state index contributed by atoms with van der Waals surface area (Å²) < 4.78 is 0. The lowest BCUT2D eigenvalue weighted by atomic mass is 10.1. The van der Waals surface area contributed by atoms with Crippen LogP contribution >= 0.6 is 11.3 Å². The Labute approximate surface area is 115 Å². The summed E-state index contributed by atoms with van der Waals surface area (Å²) in [4.78, 5) is 20.8. The summed E-state index contributed by atoms with van der Waals surface area (Å²) in [6.07, 6.45) is 1.99. The number of H-pyrrole nitrogens is 1. The normalized spacial score (nSPS) is 11.0. The first-order chi connectivity index (χ1) is 9.28. The highest BCUT2D eigenvalue weighted by Gasteiger charge is 2.11. The molecule has 0 saturated heterocycles. The van der Waals surface area contributed by atoms with E-state index in [1.165, 1.54) is 11.3 Å². The fraction of sp³-hybridized carbons (Fsp3) is 0.200. The van der Waals surface area contributed by atoms with Gasteiger partial charge in [0.25, 0.3) is 0 Å². The van der Waals surface area contributed by atoms with Gasteiger partial charge in [-0.2, -0.15) is 0 Å². The van der Waals surface area contributed by atoms with Crippen LogP contribution in [0.5, 0.6) is 0 Å². The van der Waals surface area contributed by atoms with E-state index in [-0.39, 0.29) is 5.78 Å². The standard InChI is InChI=1S/C15H14N2OS/c1-2-4-14-16-11-7-6-10(9-12(11)17-14)15(18)13-5-3-8-19-13/h3,5-9H,2,4H2,1H3,(H,16,17). The van der Waals surface area contributed by atoms with E-state index in [2.05, 4.69) is 16.9 Å². The van der Waals surface area contributed by atoms with Crippen LogP contribution in [0.25, 0.3) is 11.0 Å². The summed E-state index contributed by atoms with van der Waals surface area (Å²) in [5.74, 6) is 1.06. The molecule has 2 aromatic heterocycles. The van der Waals surface area contributed by atoms with Gasteiger partial charge < -0.3 is 4.98 Å². The number of hydrogen-bond acceptors (Lipinski definition) is 3. The number of imidazole rings is 1. The van der Waals surface area contributed by atoms with Gasteiger partial charge in [-0.1, -0.05) is 13.0 Å². The number of benzene rings is 1. The number of fused-ring (bicyclic) bond motifs is 1. The third-order valence-electron chi connectivity index (χ3n) is 3.02. The van der Waals surface area contributed by atoms with Crippen LogP contribution in [-0.4, -0.2) is 15.8 Å². The van der Waals surface area contributed by atoms with Crippen LogP contribution in [0.2, 0.25) is 0 Å². The Hall–Kier alpha value is -1.94. The number of carbonyl (C=O) groups is 1. The van der Waals surface area contributed by atoms with Gasteiger partial charge in [0.15, 0.2) is 0 Å². The third-order valence-corrected chi connectivity index (χ3v) is 3.89. The number of carbonyl (C=O) groups excluding carboxylic acids is 1. The van der Waals surface area contributed by atoms with Crippen molar-refractivity contribution in [2.75, 3.05) is 0 Å². The molecule has 3 nitrogen and oxygen atoms in total. The smallest absolute Gasteiger partial charge is 0.203 e. The monoisotopic (exact) mass is 270 g/mol. The summed E-state index contributed by atoms with van der Waals surface area (Å²) in [7, 11) is 0. The molecule has 0 aliphatic carbocycles. The Kier molecular flexibility index (Phi) is 3.17. The summed E-state index contributed by atoms with van der Waals surface area (Å²) in [5, 5.41) is 1.92. The quantitative estimate of drug-likeness (QED) is 0.733. The van der Waals surface area contributed by atoms with Crippen molar-refractivity contribution in [1.29, 1.82) is 0 Å². The van der Waals surface area contributed by atoms with Crippen LogP contribution in [0.3, 0.4) is 0 Å². The molecule has 0 atom stereocenters. The van der Waals surface area contributed by atoms with Crippen molar-refractivity contribution in [3.8, 4) is 0 Å². The average molecular weight is 270 g/mol. The summed E-state index contributed by atoms with van der Waals surface area (Å²) >= 11 is 1.47. The topological polar surface area (TPSA) is 45.8 Å². The van der Waals surface area contributed by atoms with Crippen LogP contribution in [0, 0.1) is 0 Å². The molecule has 1 N–H and O–H groups in total. The fourth-order valence-electron chi connectivity index (χ4n) is 2.11. The molecule has 0 aliphatic rings. The Morgan fingerprint density at radius 3 is 3.00 bits per heavy atom. The maximum absolute atomic E-state index is 12.3. The van der Waals surface area contributed by atoms with E-state index in [1.807, 2.05) is 35.7 Å². The van der Waals surface area contributed by atoms with Gasteiger partial charge in [0, 0.05) is 12.0 Å². The molecule has 2 heterocycles. The second kappa shape index (κ2) is 4.97. The Morgan fingerprint density at radius 1 is 1.37 bits per heavy atom. The zero-order chi connectivity index (χ0) is 13.2. The average Bonchev–Trinajstić information content (AvgIpc) is 3.06. The largest absolute Gasteiger partial charge is 0.342 e. The molecule has 4 heteroatoms. The van der Waals surface area contributed by atoms with Gasteiger partial charge >= 0.3 is 0 Å². The van der Waals surface area contributed by atoms with Gasteiger partial charge in [0.1, 0.15) is 5.82 Å². The minimum absolute atomic E-state index is 0.0727. The molecule has 3 aromatic rings. The first-order valence-corrected chi connectivity index (χ1v) is 7.22. The highest BCUT2D eigenvalue weighted by molar-refractivity contribution is 7.12. The van der Waals surface area contributed by atoms with Gasteiger partial charge in [-0.25, -0.2) is 4.98 Å². The summed E-state index contributed by atoms with van der Waals surface area (Å²) in [5.41, 5.74) is 2.57. The number of rotatable bonds is 4. The summed E-state index contributed by atoms with van der Waals surface area (Å²) in [6, 6.07) is 9.40. The predicted octanol–water partition coefficient (Wildman–Crippen LogP) is 3.81. The van der Waals surface area contributed by atoms with Crippen molar-refractivity contribution in [3.05, 3.63) is 52.0 Å². The van der Waals surface area contributed by atoms with Gasteiger partial charge in [-0.05, 0) is 36.1 Å². The molecule has 0 spiro atoms. The van der Waals surface area contributed by atoms with Crippen LogP contribution in [0.1, 0.15) is 34.4 Å². The fourth-order valence-corrected chi connectivity index (χ4v) is 2.79. The number of thiophene rings is 1. The molecule has 19 heavy (non-hydrogen) atoms. The van der Waals surface area contributed by atoms with Crippen molar-refractivity contribution in [2.24, 2.45) is 0 Å². The van der Waals surface area contributed by atoms with E-state index in [1.54, 1.807) is 0 Å². The summed E-state index contributed by atoms with van der Waals surface area (Å²) in [6.45, 7) is 2.12. The Balaban J connectivity index is 1.99. The van der Waals surface area contributed by atoms with Crippen molar-refractivity contribution >= 4 is 28.2 Å². The molecular formula is C15H14N2OS. The van der Waals surface area contributed by atoms with Gasteiger partial charge in [-0.3, -0.25) is 4.79 Å². The minimum Gasteiger partial charge on any atom is -0.342 e. The number of ketones is 1. The lowest BCUT2D eigenvalue weighted by Crippen LogP contribution is -1.97. The number of hydrogen-bond donors (Lipinski definition) is 1. The van der Waals surface area contributed by atoms with Crippen molar-refractivity contribution < 1.29 is 4.79 Å². The van der Waals surface area contributed by atoms with Gasteiger partial charge in [0.05, 0.1) is 15.9 Å². The zero-order valence-electron chi connectivity index (χ0n) is 10.6. The number of aryl methyl sites for hydroxylation is 1. The highest BCUT2D eigenvalue weighted by Crippen LogP contribution is 2.19. The maximum atomic E-state index is 12.3.